The molecule has 0 aromatic heterocycles. The van der Waals surface area contributed by atoms with Gasteiger partial charge in [-0.1, -0.05) is 89.9 Å². The highest BCUT2D eigenvalue weighted by atomic mass is 35.5. The molecular formula is C40H42Cl2N2O6. The maximum atomic E-state index is 14.1. The first-order valence-electron chi connectivity index (χ1n) is 16.8. The molecule has 262 valence electrons. The Kier molecular flexibility index (Phi) is 10.6. The van der Waals surface area contributed by atoms with Gasteiger partial charge in [-0.25, -0.2) is 0 Å². The lowest BCUT2D eigenvalue weighted by Gasteiger charge is -2.46. The number of rotatable bonds is 11. The Labute approximate surface area is 303 Å². The molecule has 0 unspecified atom stereocenters. The van der Waals surface area contributed by atoms with E-state index in [1.165, 1.54) is 21.3 Å². The van der Waals surface area contributed by atoms with E-state index in [1.807, 2.05) is 71.6 Å². The summed E-state index contributed by atoms with van der Waals surface area (Å²) in [5, 5.41) is 11.6. The van der Waals surface area contributed by atoms with Crippen molar-refractivity contribution in [2.45, 2.75) is 42.6 Å². The Morgan fingerprint density at radius 2 is 1.46 bits per heavy atom. The van der Waals surface area contributed by atoms with Crippen molar-refractivity contribution >= 4 is 35.1 Å². The SMILES string of the molecule is COc1cc(C(=O)N2CC[C@](CCN3CC[C@](C(=O)O)(c4ccccc4)C[C@@H]3c3ccccc3)(c3ccc(Cl)c(Cl)c3)C2)cc(OC)c1OC. The third-order valence-corrected chi connectivity index (χ3v) is 11.4. The van der Waals surface area contributed by atoms with Crippen LogP contribution in [0.2, 0.25) is 10.0 Å². The van der Waals surface area contributed by atoms with Crippen LogP contribution in [0.15, 0.2) is 91.0 Å². The van der Waals surface area contributed by atoms with Crippen LogP contribution in [0.4, 0.5) is 0 Å². The molecule has 0 aliphatic carbocycles. The van der Waals surface area contributed by atoms with Gasteiger partial charge < -0.3 is 24.2 Å². The molecular weight excluding hydrogens is 675 g/mol. The van der Waals surface area contributed by atoms with Crippen molar-refractivity contribution in [3.05, 3.63) is 123 Å². The number of likely N-dealkylation sites (tertiary alicyclic amines) is 2. The molecule has 0 bridgehead atoms. The van der Waals surface area contributed by atoms with Gasteiger partial charge in [-0.05, 0) is 73.2 Å². The van der Waals surface area contributed by atoms with E-state index >= 15 is 0 Å². The number of carbonyl (C=O) groups is 2. The number of ether oxygens (including phenoxy) is 3. The van der Waals surface area contributed by atoms with Gasteiger partial charge >= 0.3 is 5.97 Å². The van der Waals surface area contributed by atoms with Gasteiger partial charge in [0.1, 0.15) is 0 Å². The standard InChI is InChI=1S/C40H42Cl2N2O6/c1-48-34-22-28(23-35(49-2)36(34)50-3)37(45)44-20-17-39(26-44,30-14-15-31(41)32(42)24-30)16-19-43-21-18-40(38(46)47,29-12-8-5-9-13-29)25-33(43)27-10-6-4-7-11-27/h4-15,22-24,33H,16-21,25-26H2,1-3H3,(H,46,47)/t33-,39+,40-/m1/s1. The minimum Gasteiger partial charge on any atom is -0.493 e. The van der Waals surface area contributed by atoms with Crippen LogP contribution < -0.4 is 14.2 Å². The molecule has 1 N–H and O–H groups in total. The van der Waals surface area contributed by atoms with Crippen molar-refractivity contribution in [2.24, 2.45) is 0 Å². The van der Waals surface area contributed by atoms with Gasteiger partial charge in [-0.3, -0.25) is 14.5 Å². The molecule has 6 rings (SSSR count). The van der Waals surface area contributed by atoms with Crippen LogP contribution in [0.5, 0.6) is 17.2 Å². The summed E-state index contributed by atoms with van der Waals surface area (Å²) in [4.78, 5) is 31.4. The second-order valence-corrected chi connectivity index (χ2v) is 14.0. The number of benzene rings is 4. The third kappa shape index (κ3) is 6.76. The Morgan fingerprint density at radius 3 is 2.06 bits per heavy atom. The normalized spacial score (nSPS) is 22.3. The van der Waals surface area contributed by atoms with E-state index in [0.717, 1.165) is 23.1 Å². The lowest BCUT2D eigenvalue weighted by atomic mass is 9.69. The Balaban J connectivity index is 1.32. The first-order valence-corrected chi connectivity index (χ1v) is 17.5. The minimum absolute atomic E-state index is 0.120. The molecule has 10 heteroatoms. The van der Waals surface area contributed by atoms with Crippen molar-refractivity contribution in [1.82, 2.24) is 9.80 Å². The van der Waals surface area contributed by atoms with Crippen molar-refractivity contribution in [3.8, 4) is 17.2 Å². The Morgan fingerprint density at radius 1 is 0.800 bits per heavy atom. The summed E-state index contributed by atoms with van der Waals surface area (Å²) >= 11 is 13.0. The Bertz CT molecular complexity index is 1820. The lowest BCUT2D eigenvalue weighted by Crippen LogP contribution is -2.50. The number of carbonyl (C=O) groups excluding carboxylic acids is 1. The largest absolute Gasteiger partial charge is 0.493 e. The number of nitrogens with zero attached hydrogens (tertiary/aromatic N) is 2. The van der Waals surface area contributed by atoms with Gasteiger partial charge in [0.2, 0.25) is 5.75 Å². The molecule has 3 atom stereocenters. The van der Waals surface area contributed by atoms with Crippen LogP contribution in [-0.2, 0) is 15.6 Å². The molecule has 2 aliphatic rings. The highest BCUT2D eigenvalue weighted by Gasteiger charge is 2.48. The maximum absolute atomic E-state index is 14.1. The van der Waals surface area contributed by atoms with Gasteiger partial charge in [0.15, 0.2) is 11.5 Å². The number of carboxylic acid groups (broad SMARTS) is 1. The van der Waals surface area contributed by atoms with E-state index in [-0.39, 0.29) is 11.9 Å². The van der Waals surface area contributed by atoms with E-state index in [9.17, 15) is 14.7 Å². The monoisotopic (exact) mass is 716 g/mol. The zero-order valence-electron chi connectivity index (χ0n) is 28.5. The molecule has 4 aromatic carbocycles. The molecule has 0 radical (unpaired) electrons. The predicted molar refractivity (Wildman–Crippen MR) is 195 cm³/mol. The van der Waals surface area contributed by atoms with E-state index in [1.54, 1.807) is 12.1 Å². The van der Waals surface area contributed by atoms with Gasteiger partial charge in [0, 0.05) is 36.7 Å². The zero-order valence-corrected chi connectivity index (χ0v) is 30.0. The van der Waals surface area contributed by atoms with E-state index in [4.69, 9.17) is 37.4 Å². The smallest absolute Gasteiger partial charge is 0.314 e. The van der Waals surface area contributed by atoms with E-state index < -0.39 is 16.8 Å². The summed E-state index contributed by atoms with van der Waals surface area (Å²) in [7, 11) is 4.59. The molecule has 2 saturated heterocycles. The fourth-order valence-corrected chi connectivity index (χ4v) is 8.16. The summed E-state index contributed by atoms with van der Waals surface area (Å²) in [6, 6.07) is 28.8. The fraction of sp³-hybridized carbons (Fsp3) is 0.350. The quantitative estimate of drug-likeness (QED) is 0.168. The zero-order chi connectivity index (χ0) is 35.5. The van der Waals surface area contributed by atoms with Crippen molar-refractivity contribution in [2.75, 3.05) is 47.5 Å². The number of hydrogen-bond donors (Lipinski definition) is 1. The molecule has 50 heavy (non-hydrogen) atoms. The second-order valence-electron chi connectivity index (χ2n) is 13.2. The number of amides is 1. The van der Waals surface area contributed by atoms with Gasteiger partial charge in [-0.15, -0.1) is 0 Å². The molecule has 2 aliphatic heterocycles. The van der Waals surface area contributed by atoms with Crippen LogP contribution in [0.1, 0.15) is 58.8 Å². The summed E-state index contributed by atoms with van der Waals surface area (Å²) in [5.74, 6) is 0.311. The van der Waals surface area contributed by atoms with Crippen LogP contribution in [0.3, 0.4) is 0 Å². The molecule has 0 spiro atoms. The number of halogens is 2. The van der Waals surface area contributed by atoms with Gasteiger partial charge in [0.05, 0.1) is 36.8 Å². The first-order chi connectivity index (χ1) is 24.1. The second kappa shape index (κ2) is 14.9. The fourth-order valence-electron chi connectivity index (χ4n) is 7.86. The highest BCUT2D eigenvalue weighted by Crippen LogP contribution is 2.47. The molecule has 0 saturated carbocycles. The number of aliphatic carboxylic acids is 1. The van der Waals surface area contributed by atoms with Crippen molar-refractivity contribution in [3.63, 3.8) is 0 Å². The Hall–Kier alpha value is -4.24. The molecule has 1 amide bonds. The van der Waals surface area contributed by atoms with Gasteiger partial charge in [0.25, 0.3) is 5.91 Å². The molecule has 8 nitrogen and oxygen atoms in total. The third-order valence-electron chi connectivity index (χ3n) is 10.7. The number of carboxylic acids is 1. The predicted octanol–water partition coefficient (Wildman–Crippen LogP) is 8.05. The van der Waals surface area contributed by atoms with E-state index in [2.05, 4.69) is 17.0 Å². The molecule has 2 heterocycles. The van der Waals surface area contributed by atoms with Crippen molar-refractivity contribution < 1.29 is 28.9 Å². The summed E-state index contributed by atoms with van der Waals surface area (Å²) in [6.07, 6.45) is 2.37. The van der Waals surface area contributed by atoms with Crippen LogP contribution in [0.25, 0.3) is 0 Å². The summed E-state index contributed by atoms with van der Waals surface area (Å²) < 4.78 is 16.5. The maximum Gasteiger partial charge on any atom is 0.314 e. The average molecular weight is 718 g/mol. The average Bonchev–Trinajstić information content (AvgIpc) is 3.60. The van der Waals surface area contributed by atoms with Crippen LogP contribution >= 0.6 is 23.2 Å². The number of piperidine rings is 1. The summed E-state index contributed by atoms with van der Waals surface area (Å²) in [6.45, 7) is 2.30. The minimum atomic E-state index is -1.00. The number of hydrogen-bond acceptors (Lipinski definition) is 6. The first kappa shape index (κ1) is 35.6. The highest BCUT2D eigenvalue weighted by molar-refractivity contribution is 6.42. The molecule has 2 fully saturated rings. The topological polar surface area (TPSA) is 88.5 Å². The van der Waals surface area contributed by atoms with Crippen LogP contribution in [0, 0.1) is 0 Å². The van der Waals surface area contributed by atoms with E-state index in [0.29, 0.717) is 78.3 Å². The summed E-state index contributed by atoms with van der Waals surface area (Å²) in [5.41, 5.74) is 1.95. The van der Waals surface area contributed by atoms with Gasteiger partial charge in [-0.2, -0.15) is 0 Å². The van der Waals surface area contributed by atoms with Crippen molar-refractivity contribution in [1.29, 1.82) is 0 Å². The molecule has 4 aromatic rings. The lowest BCUT2D eigenvalue weighted by molar-refractivity contribution is -0.147. The van der Waals surface area contributed by atoms with Crippen LogP contribution in [-0.4, -0.2) is 74.3 Å². The number of methoxy groups -OCH3 is 3.